The van der Waals surface area contributed by atoms with Crippen molar-refractivity contribution in [3.63, 3.8) is 0 Å². The van der Waals surface area contributed by atoms with Gasteiger partial charge in [-0.25, -0.2) is 0 Å². The number of benzene rings is 1. The molecule has 0 fully saturated rings. The highest BCUT2D eigenvalue weighted by Gasteiger charge is 2.49. The summed E-state index contributed by atoms with van der Waals surface area (Å²) in [5, 5.41) is 10.9. The van der Waals surface area contributed by atoms with Gasteiger partial charge in [0.15, 0.2) is 0 Å². The van der Waals surface area contributed by atoms with Gasteiger partial charge in [-0.05, 0) is 6.07 Å². The maximum absolute atomic E-state index is 12.9. The average molecular weight is 343 g/mol. The highest BCUT2D eigenvalue weighted by Crippen LogP contribution is 2.46. The van der Waals surface area contributed by atoms with Gasteiger partial charge in [0.25, 0.3) is 0 Å². The van der Waals surface area contributed by atoms with E-state index in [1.165, 1.54) is 4.98 Å². The Morgan fingerprint density at radius 1 is 0.957 bits per heavy atom. The predicted molar refractivity (Wildman–Crippen MR) is 61.8 cm³/mol. The molecule has 0 radical (unpaired) electrons. The normalized spacial score (nSPS) is 12.6. The summed E-state index contributed by atoms with van der Waals surface area (Å²) in [5.41, 5.74) is -12.1. The van der Waals surface area contributed by atoms with Crippen LogP contribution in [0.3, 0.4) is 0 Å². The monoisotopic (exact) mass is 343 g/mol. The van der Waals surface area contributed by atoms with Gasteiger partial charge in [0.1, 0.15) is 11.1 Å². The van der Waals surface area contributed by atoms with E-state index in [2.05, 4.69) is 0 Å². The van der Waals surface area contributed by atoms with E-state index in [1.807, 2.05) is 0 Å². The molecule has 1 aromatic heterocycles. The lowest BCUT2D eigenvalue weighted by Crippen LogP contribution is -2.30. The van der Waals surface area contributed by atoms with Crippen molar-refractivity contribution in [2.45, 2.75) is 12.4 Å². The van der Waals surface area contributed by atoms with Gasteiger partial charge in [-0.15, -0.1) is 0 Å². The first-order valence-electron chi connectivity index (χ1n) is 5.46. The molecule has 0 unspecified atom stereocenters. The number of aromatic nitrogens is 2. The smallest absolute Gasteiger partial charge is 0.316 e. The van der Waals surface area contributed by atoms with E-state index in [0.717, 1.165) is 0 Å². The van der Waals surface area contributed by atoms with Crippen molar-refractivity contribution in [3.05, 3.63) is 48.0 Å². The fourth-order valence-corrected chi connectivity index (χ4v) is 1.94. The van der Waals surface area contributed by atoms with Gasteiger partial charge in [-0.3, -0.25) is 19.7 Å². The Morgan fingerprint density at radius 3 is 1.91 bits per heavy atom. The first-order valence-corrected chi connectivity index (χ1v) is 5.46. The number of H-pyrrole nitrogens is 2. The Hall–Kier alpha value is -2.86. The zero-order valence-electron chi connectivity index (χ0n) is 10.4. The van der Waals surface area contributed by atoms with Gasteiger partial charge >= 0.3 is 29.2 Å². The van der Waals surface area contributed by atoms with Crippen LogP contribution < -0.4 is 11.1 Å². The summed E-state index contributed by atoms with van der Waals surface area (Å²) in [4.78, 5) is 34.4. The van der Waals surface area contributed by atoms with Crippen LogP contribution in [0.4, 0.5) is 32.0 Å². The molecule has 0 saturated carbocycles. The SMILES string of the molecule is O=c1[nH]c2cc(C(F)(F)F)c(C(F)(F)F)c([N+](=O)[O-])c2[nH]c1=O. The van der Waals surface area contributed by atoms with E-state index < -0.39 is 56.2 Å². The van der Waals surface area contributed by atoms with Crippen LogP contribution in [0.5, 0.6) is 0 Å². The summed E-state index contributed by atoms with van der Waals surface area (Å²) in [6.45, 7) is 0. The van der Waals surface area contributed by atoms with E-state index >= 15 is 0 Å². The molecule has 124 valence electrons. The van der Waals surface area contributed by atoms with Crippen molar-refractivity contribution in [1.29, 1.82) is 0 Å². The van der Waals surface area contributed by atoms with Crippen molar-refractivity contribution < 1.29 is 31.3 Å². The molecule has 2 N–H and O–H groups in total. The third kappa shape index (κ3) is 2.76. The molecular weight excluding hydrogens is 340 g/mol. The number of halogens is 6. The average Bonchev–Trinajstić information content (AvgIpc) is 2.35. The summed E-state index contributed by atoms with van der Waals surface area (Å²) in [6, 6.07) is -0.123. The highest BCUT2D eigenvalue weighted by atomic mass is 19.4. The second kappa shape index (κ2) is 4.82. The topological polar surface area (TPSA) is 109 Å². The fraction of sp³-hybridized carbons (Fsp3) is 0.200. The first-order chi connectivity index (χ1) is 10.3. The maximum atomic E-state index is 12.9. The number of nitro benzene ring substituents is 1. The minimum Gasteiger partial charge on any atom is -0.316 e. The van der Waals surface area contributed by atoms with Crippen molar-refractivity contribution in [2.24, 2.45) is 0 Å². The van der Waals surface area contributed by atoms with E-state index in [4.69, 9.17) is 0 Å². The van der Waals surface area contributed by atoms with Gasteiger partial charge in [-0.2, -0.15) is 26.3 Å². The van der Waals surface area contributed by atoms with Crippen LogP contribution in [0, 0.1) is 10.1 Å². The summed E-state index contributed by atoms with van der Waals surface area (Å²) < 4.78 is 77.3. The van der Waals surface area contributed by atoms with Crippen molar-refractivity contribution in [2.75, 3.05) is 0 Å². The van der Waals surface area contributed by atoms with Crippen molar-refractivity contribution >= 4 is 16.7 Å². The van der Waals surface area contributed by atoms with Gasteiger partial charge in [0.05, 0.1) is 16.0 Å². The standard InChI is InChI=1S/C10H3F6N3O4/c11-9(12,13)2-1-3-5(18-8(21)7(20)17-3)6(19(22)23)4(2)10(14,15)16/h1H,(H,17,20)(H,18,21). The van der Waals surface area contributed by atoms with Crippen molar-refractivity contribution in [3.8, 4) is 0 Å². The third-order valence-corrected chi connectivity index (χ3v) is 2.77. The lowest BCUT2D eigenvalue weighted by molar-refractivity contribution is -0.386. The molecule has 0 aliphatic carbocycles. The van der Waals surface area contributed by atoms with Crippen LogP contribution in [0.2, 0.25) is 0 Å². The summed E-state index contributed by atoms with van der Waals surface area (Å²) in [7, 11) is 0. The number of rotatable bonds is 1. The number of nitro groups is 1. The minimum atomic E-state index is -5.73. The number of hydrogen-bond donors (Lipinski definition) is 2. The predicted octanol–water partition coefficient (Wildman–Crippen LogP) is 2.16. The van der Waals surface area contributed by atoms with Gasteiger partial charge in [0.2, 0.25) is 0 Å². The molecule has 1 heterocycles. The summed E-state index contributed by atoms with van der Waals surface area (Å²) in [5.74, 6) is 0. The van der Waals surface area contributed by atoms with E-state index in [1.54, 1.807) is 4.98 Å². The number of nitrogens with zero attached hydrogens (tertiary/aromatic N) is 1. The number of fused-ring (bicyclic) bond motifs is 1. The molecule has 1 aromatic carbocycles. The van der Waals surface area contributed by atoms with Crippen molar-refractivity contribution in [1.82, 2.24) is 9.97 Å². The Labute approximate surface area is 119 Å². The molecule has 0 spiro atoms. The molecule has 0 saturated heterocycles. The minimum absolute atomic E-state index is 0.123. The molecule has 2 rings (SSSR count). The quantitative estimate of drug-likeness (QED) is 0.358. The fourth-order valence-electron chi connectivity index (χ4n) is 1.94. The molecule has 0 bridgehead atoms. The first kappa shape index (κ1) is 16.5. The number of hydrogen-bond acceptors (Lipinski definition) is 4. The van der Waals surface area contributed by atoms with Crippen LogP contribution >= 0.6 is 0 Å². The number of nitrogens with one attached hydrogen (secondary N) is 2. The zero-order valence-corrected chi connectivity index (χ0v) is 10.4. The molecule has 0 amide bonds. The lowest BCUT2D eigenvalue weighted by atomic mass is 10.0. The Bertz CT molecular complexity index is 924. The number of aromatic amines is 2. The Kier molecular flexibility index (Phi) is 3.46. The molecule has 0 aliphatic rings. The van der Waals surface area contributed by atoms with Gasteiger partial charge in [0, 0.05) is 0 Å². The molecule has 0 aliphatic heterocycles. The van der Waals surface area contributed by atoms with Gasteiger partial charge < -0.3 is 9.97 Å². The molecule has 23 heavy (non-hydrogen) atoms. The highest BCUT2D eigenvalue weighted by molar-refractivity contribution is 5.87. The van der Waals surface area contributed by atoms with Crippen LogP contribution in [0.1, 0.15) is 11.1 Å². The second-order valence-corrected chi connectivity index (χ2v) is 4.23. The van der Waals surface area contributed by atoms with Crippen LogP contribution in [-0.2, 0) is 12.4 Å². The van der Waals surface area contributed by atoms with Crippen LogP contribution in [0.15, 0.2) is 15.7 Å². The van der Waals surface area contributed by atoms with Crippen LogP contribution in [0.25, 0.3) is 11.0 Å². The van der Waals surface area contributed by atoms with Gasteiger partial charge in [-0.1, -0.05) is 0 Å². The van der Waals surface area contributed by atoms with E-state index in [0.29, 0.717) is 0 Å². The van der Waals surface area contributed by atoms with E-state index in [9.17, 15) is 46.0 Å². The Morgan fingerprint density at radius 2 is 1.48 bits per heavy atom. The second-order valence-electron chi connectivity index (χ2n) is 4.23. The third-order valence-electron chi connectivity index (χ3n) is 2.77. The number of alkyl halides is 6. The molecule has 7 nitrogen and oxygen atoms in total. The molecule has 0 atom stereocenters. The summed E-state index contributed by atoms with van der Waals surface area (Å²) >= 11 is 0. The zero-order chi connectivity index (χ0) is 17.7. The maximum Gasteiger partial charge on any atom is 0.423 e. The summed E-state index contributed by atoms with van der Waals surface area (Å²) in [6.07, 6.45) is -11.3. The molecule has 2 aromatic rings. The van der Waals surface area contributed by atoms with Crippen LogP contribution in [-0.4, -0.2) is 14.9 Å². The largest absolute Gasteiger partial charge is 0.423 e. The lowest BCUT2D eigenvalue weighted by Gasteiger charge is -2.16. The Balaban J connectivity index is 3.19. The molecular formula is C10H3F6N3O4. The molecule has 13 heteroatoms. The van der Waals surface area contributed by atoms with E-state index in [-0.39, 0.29) is 6.07 Å².